The van der Waals surface area contributed by atoms with E-state index in [1.807, 2.05) is 6.92 Å². The Hall–Kier alpha value is -3.49. The van der Waals surface area contributed by atoms with Crippen molar-refractivity contribution in [1.29, 1.82) is 0 Å². The molecule has 2 fully saturated rings. The quantitative estimate of drug-likeness (QED) is 0.278. The summed E-state index contributed by atoms with van der Waals surface area (Å²) in [5, 5.41) is 13.4. The molecule has 8 nitrogen and oxygen atoms in total. The van der Waals surface area contributed by atoms with Crippen LogP contribution in [0.5, 0.6) is 0 Å². The number of methoxy groups -OCH3 is 1. The number of ketones is 1. The van der Waals surface area contributed by atoms with Crippen LogP contribution in [0.2, 0.25) is 0 Å². The number of aryl methyl sites for hydroxylation is 1. The van der Waals surface area contributed by atoms with Gasteiger partial charge < -0.3 is 24.4 Å². The monoisotopic (exact) mass is 464 g/mol. The summed E-state index contributed by atoms with van der Waals surface area (Å²) in [7, 11) is 1.30. The molecule has 0 spiro atoms. The number of ether oxygens (including phenoxy) is 2. The van der Waals surface area contributed by atoms with E-state index in [2.05, 4.69) is 0 Å². The van der Waals surface area contributed by atoms with E-state index in [0.717, 1.165) is 18.7 Å². The molecule has 2 aromatic carbocycles. The molecule has 1 N–H and O–H groups in total. The van der Waals surface area contributed by atoms with Crippen LogP contribution in [0, 0.1) is 6.92 Å². The van der Waals surface area contributed by atoms with Gasteiger partial charge in [-0.2, -0.15) is 0 Å². The maximum absolute atomic E-state index is 13.4. The van der Waals surface area contributed by atoms with E-state index in [9.17, 15) is 19.5 Å². The lowest BCUT2D eigenvalue weighted by atomic mass is 9.94. The fraction of sp³-hybridized carbons (Fsp3) is 0.346. The van der Waals surface area contributed by atoms with Crippen molar-refractivity contribution in [2.75, 3.05) is 46.5 Å². The first-order valence-electron chi connectivity index (χ1n) is 11.3. The van der Waals surface area contributed by atoms with Crippen molar-refractivity contribution in [2.24, 2.45) is 0 Å². The zero-order chi connectivity index (χ0) is 24.2. The van der Waals surface area contributed by atoms with Gasteiger partial charge in [0, 0.05) is 5.57 Å². The molecule has 2 aromatic rings. The predicted molar refractivity (Wildman–Crippen MR) is 122 cm³/mol. The van der Waals surface area contributed by atoms with Gasteiger partial charge in [-0.05, 0) is 30.2 Å². The third-order valence-corrected chi connectivity index (χ3v) is 6.40. The second kappa shape index (κ2) is 10.2. The number of nitrogens with one attached hydrogen (secondary N) is 1. The van der Waals surface area contributed by atoms with Crippen molar-refractivity contribution in [3.05, 3.63) is 76.4 Å². The molecular formula is C26H28N2O6. The minimum absolute atomic E-state index is 0.0587. The number of quaternary nitrogens is 1. The fourth-order valence-electron chi connectivity index (χ4n) is 4.42. The van der Waals surface area contributed by atoms with Crippen molar-refractivity contribution in [1.82, 2.24) is 4.90 Å². The Labute approximate surface area is 198 Å². The third kappa shape index (κ3) is 4.73. The van der Waals surface area contributed by atoms with Crippen LogP contribution in [0.15, 0.2) is 54.1 Å². The Morgan fingerprint density at radius 2 is 1.68 bits per heavy atom. The summed E-state index contributed by atoms with van der Waals surface area (Å²) in [5.74, 6) is -2.39. The number of likely N-dealkylation sites (tertiary alicyclic amines) is 1. The van der Waals surface area contributed by atoms with Gasteiger partial charge in [-0.15, -0.1) is 0 Å². The number of amides is 1. The largest absolute Gasteiger partial charge is 0.872 e. The molecule has 2 saturated heterocycles. The van der Waals surface area contributed by atoms with Crippen molar-refractivity contribution in [2.45, 2.75) is 13.0 Å². The molecule has 2 heterocycles. The number of Topliss-reactive ketones (excluding diaryl/α,β-unsaturated/α-hetero) is 1. The van der Waals surface area contributed by atoms with Crippen LogP contribution < -0.4 is 10.0 Å². The smallest absolute Gasteiger partial charge is 0.337 e. The SMILES string of the molecule is COC(=O)c1ccc(C2C(=C([O-])c3ccc(C)cc3)C(=O)C(=O)N2CC[NH+]2CCOCC2)cc1. The Kier molecular flexibility index (Phi) is 7.09. The lowest BCUT2D eigenvalue weighted by Gasteiger charge is -2.30. The van der Waals surface area contributed by atoms with Crippen molar-refractivity contribution >= 4 is 23.4 Å². The van der Waals surface area contributed by atoms with Gasteiger partial charge in [0.1, 0.15) is 13.1 Å². The van der Waals surface area contributed by atoms with E-state index >= 15 is 0 Å². The summed E-state index contributed by atoms with van der Waals surface area (Å²) in [4.78, 5) is 40.8. The topological polar surface area (TPSA) is 100 Å². The maximum Gasteiger partial charge on any atom is 0.337 e. The fourth-order valence-corrected chi connectivity index (χ4v) is 4.42. The summed E-state index contributed by atoms with van der Waals surface area (Å²) in [6, 6.07) is 12.6. The van der Waals surface area contributed by atoms with E-state index in [0.29, 0.717) is 43.0 Å². The first kappa shape index (κ1) is 23.7. The van der Waals surface area contributed by atoms with E-state index in [1.165, 1.54) is 16.9 Å². The van der Waals surface area contributed by atoms with Gasteiger partial charge in [0.2, 0.25) is 5.78 Å². The normalized spacial score (nSPS) is 20.5. The number of nitrogens with zero attached hydrogens (tertiary/aromatic N) is 1. The van der Waals surface area contributed by atoms with Crippen LogP contribution in [0.3, 0.4) is 0 Å². The molecule has 8 heteroatoms. The number of esters is 1. The molecular weight excluding hydrogens is 436 g/mol. The lowest BCUT2D eigenvalue weighted by Crippen LogP contribution is -3.14. The Morgan fingerprint density at radius 1 is 1.06 bits per heavy atom. The summed E-state index contributed by atoms with van der Waals surface area (Å²) in [5.41, 5.74) is 2.23. The van der Waals surface area contributed by atoms with Gasteiger partial charge in [-0.25, -0.2) is 4.79 Å². The number of morpholine rings is 1. The van der Waals surface area contributed by atoms with Crippen LogP contribution in [-0.2, 0) is 19.1 Å². The van der Waals surface area contributed by atoms with Gasteiger partial charge in [0.15, 0.2) is 0 Å². The summed E-state index contributed by atoms with van der Waals surface area (Å²) < 4.78 is 10.2. The molecule has 2 aliphatic heterocycles. The highest BCUT2D eigenvalue weighted by molar-refractivity contribution is 6.46. The summed E-state index contributed by atoms with van der Waals surface area (Å²) >= 11 is 0. The molecule has 0 aromatic heterocycles. The highest BCUT2D eigenvalue weighted by atomic mass is 16.5. The molecule has 1 unspecified atom stereocenters. The van der Waals surface area contributed by atoms with E-state index in [1.54, 1.807) is 48.5 Å². The van der Waals surface area contributed by atoms with Crippen LogP contribution in [-0.4, -0.2) is 69.1 Å². The zero-order valence-electron chi connectivity index (χ0n) is 19.3. The molecule has 1 amide bonds. The molecule has 0 bridgehead atoms. The number of hydrogen-bond donors (Lipinski definition) is 1. The molecule has 2 aliphatic rings. The summed E-state index contributed by atoms with van der Waals surface area (Å²) in [6.45, 7) is 5.85. The van der Waals surface area contributed by atoms with Crippen molar-refractivity contribution in [3.8, 4) is 0 Å². The molecule has 34 heavy (non-hydrogen) atoms. The third-order valence-electron chi connectivity index (χ3n) is 6.40. The van der Waals surface area contributed by atoms with Crippen molar-refractivity contribution in [3.63, 3.8) is 0 Å². The Balaban J connectivity index is 1.73. The van der Waals surface area contributed by atoms with Gasteiger partial charge in [-0.3, -0.25) is 9.59 Å². The number of benzene rings is 2. The van der Waals surface area contributed by atoms with E-state index in [-0.39, 0.29) is 5.57 Å². The zero-order valence-corrected chi connectivity index (χ0v) is 19.3. The number of rotatable bonds is 6. The minimum Gasteiger partial charge on any atom is -0.872 e. The molecule has 0 aliphatic carbocycles. The second-order valence-electron chi connectivity index (χ2n) is 8.56. The highest BCUT2D eigenvalue weighted by Gasteiger charge is 2.44. The average Bonchev–Trinajstić information content (AvgIpc) is 3.12. The second-order valence-corrected chi connectivity index (χ2v) is 8.56. The molecule has 0 radical (unpaired) electrons. The van der Waals surface area contributed by atoms with Gasteiger partial charge in [-0.1, -0.05) is 47.7 Å². The lowest BCUT2D eigenvalue weighted by molar-refractivity contribution is -0.907. The first-order valence-corrected chi connectivity index (χ1v) is 11.3. The van der Waals surface area contributed by atoms with Crippen LogP contribution >= 0.6 is 0 Å². The first-order chi connectivity index (χ1) is 16.4. The Bertz CT molecular complexity index is 1100. The molecule has 0 saturated carbocycles. The van der Waals surface area contributed by atoms with E-state index in [4.69, 9.17) is 9.47 Å². The van der Waals surface area contributed by atoms with Crippen LogP contribution in [0.25, 0.3) is 5.76 Å². The van der Waals surface area contributed by atoms with Crippen LogP contribution in [0.4, 0.5) is 0 Å². The van der Waals surface area contributed by atoms with Gasteiger partial charge in [0.25, 0.3) is 5.91 Å². The van der Waals surface area contributed by atoms with Crippen molar-refractivity contribution < 1.29 is 33.9 Å². The van der Waals surface area contributed by atoms with Gasteiger partial charge >= 0.3 is 5.97 Å². The molecule has 4 rings (SSSR count). The molecule has 1 atom stereocenters. The number of carbonyl (C=O) groups is 3. The standard InChI is InChI=1S/C26H28N2O6/c1-17-3-5-19(6-4-17)23(29)21-22(18-7-9-20(10-8-18)26(32)33-2)28(25(31)24(21)30)12-11-27-13-15-34-16-14-27/h3-10,22,29H,11-16H2,1-2H3. The summed E-state index contributed by atoms with van der Waals surface area (Å²) in [6.07, 6.45) is 0. The van der Waals surface area contributed by atoms with E-state index < -0.39 is 29.5 Å². The molecule has 178 valence electrons. The Morgan fingerprint density at radius 3 is 2.29 bits per heavy atom. The average molecular weight is 465 g/mol. The highest BCUT2D eigenvalue weighted by Crippen LogP contribution is 2.38. The number of carbonyl (C=O) groups excluding carboxylic acids is 3. The number of hydrogen-bond acceptors (Lipinski definition) is 6. The predicted octanol–water partition coefficient (Wildman–Crippen LogP) is -0.0793. The van der Waals surface area contributed by atoms with Crippen LogP contribution in [0.1, 0.15) is 33.1 Å². The maximum atomic E-state index is 13.4. The minimum atomic E-state index is -0.819. The van der Waals surface area contributed by atoms with Gasteiger partial charge in [0.05, 0.1) is 45.0 Å².